The Balaban J connectivity index is 1.56. The summed E-state index contributed by atoms with van der Waals surface area (Å²) in [6, 6.07) is 23.2. The van der Waals surface area contributed by atoms with E-state index in [-0.39, 0.29) is 5.82 Å². The molecule has 4 heteroatoms. The highest BCUT2D eigenvalue weighted by molar-refractivity contribution is 9.11. The van der Waals surface area contributed by atoms with Gasteiger partial charge in [-0.1, -0.05) is 66.2 Å². The smallest absolute Gasteiger partial charge is 0.125 e. The normalized spacial score (nSPS) is 11.2. The van der Waals surface area contributed by atoms with Gasteiger partial charge < -0.3 is 0 Å². The van der Waals surface area contributed by atoms with Crippen LogP contribution in [0.15, 0.2) is 76.6 Å². The molecule has 1 heterocycles. The van der Waals surface area contributed by atoms with Gasteiger partial charge in [0.15, 0.2) is 0 Å². The zero-order valence-electron chi connectivity index (χ0n) is 15.2. The second-order valence-electron chi connectivity index (χ2n) is 6.52. The fraction of sp³-hybridized carbons (Fsp3) is 0.0417. The number of halogens is 2. The monoisotopic (exact) mass is 449 g/mol. The molecule has 0 spiro atoms. The van der Waals surface area contributed by atoms with Crippen LogP contribution >= 0.6 is 27.3 Å². The highest BCUT2D eigenvalue weighted by atomic mass is 79.9. The van der Waals surface area contributed by atoms with Crippen molar-refractivity contribution < 1.29 is 4.39 Å². The van der Waals surface area contributed by atoms with Crippen molar-refractivity contribution in [3.05, 3.63) is 99.1 Å². The maximum absolute atomic E-state index is 13.1. The molecule has 0 bridgehead atoms. The van der Waals surface area contributed by atoms with E-state index in [9.17, 15) is 4.39 Å². The Morgan fingerprint density at radius 2 is 1.54 bits per heavy atom. The summed E-state index contributed by atoms with van der Waals surface area (Å²) in [4.78, 5) is 4.74. The number of aryl methyl sites for hydroxylation is 1. The van der Waals surface area contributed by atoms with Gasteiger partial charge in [0.2, 0.25) is 0 Å². The average molecular weight is 450 g/mol. The van der Waals surface area contributed by atoms with Crippen LogP contribution in [0.4, 0.5) is 4.39 Å². The predicted octanol–water partition coefficient (Wildman–Crippen LogP) is 7.86. The molecule has 0 saturated heterocycles. The number of aromatic nitrogens is 1. The summed E-state index contributed by atoms with van der Waals surface area (Å²) in [6.07, 6.45) is 4.23. The van der Waals surface area contributed by atoms with Gasteiger partial charge in [-0.05, 0) is 58.2 Å². The second-order valence-corrected chi connectivity index (χ2v) is 8.83. The third-order valence-electron chi connectivity index (χ3n) is 4.37. The topological polar surface area (TPSA) is 12.9 Å². The standard InChI is InChI=1S/C24H17BrFNS/c1-16-3-2-4-18(15-16)6-5-17-7-9-19(10-8-17)22-23(25)28-24(27-22)20-11-13-21(26)14-12-20/h2-15H,1H3/b6-5+. The van der Waals surface area contributed by atoms with Crippen molar-refractivity contribution in [3.8, 4) is 21.8 Å². The molecule has 4 aromatic rings. The van der Waals surface area contributed by atoms with E-state index in [0.29, 0.717) is 0 Å². The van der Waals surface area contributed by atoms with Crippen LogP contribution in [0.3, 0.4) is 0 Å². The number of nitrogens with zero attached hydrogens (tertiary/aromatic N) is 1. The highest BCUT2D eigenvalue weighted by Gasteiger charge is 2.12. The minimum absolute atomic E-state index is 0.242. The van der Waals surface area contributed by atoms with Gasteiger partial charge in [-0.15, -0.1) is 11.3 Å². The molecule has 0 amide bonds. The summed E-state index contributed by atoms with van der Waals surface area (Å²) in [6.45, 7) is 2.10. The number of hydrogen-bond donors (Lipinski definition) is 0. The Hall–Kier alpha value is -2.56. The molecule has 1 aromatic heterocycles. The van der Waals surface area contributed by atoms with Gasteiger partial charge in [0.05, 0.1) is 9.48 Å². The summed E-state index contributed by atoms with van der Waals surface area (Å²) < 4.78 is 14.1. The first-order valence-electron chi connectivity index (χ1n) is 8.86. The van der Waals surface area contributed by atoms with E-state index in [0.717, 1.165) is 31.2 Å². The fourth-order valence-electron chi connectivity index (χ4n) is 2.91. The van der Waals surface area contributed by atoms with Crippen molar-refractivity contribution in [1.82, 2.24) is 4.98 Å². The van der Waals surface area contributed by atoms with E-state index in [1.807, 2.05) is 0 Å². The van der Waals surface area contributed by atoms with Crippen molar-refractivity contribution in [3.63, 3.8) is 0 Å². The molecule has 0 aliphatic heterocycles. The molecule has 0 saturated carbocycles. The molecular formula is C24H17BrFNS. The Morgan fingerprint density at radius 1 is 0.857 bits per heavy atom. The summed E-state index contributed by atoms with van der Waals surface area (Å²) >= 11 is 5.17. The fourth-order valence-corrected chi connectivity index (χ4v) is 4.51. The van der Waals surface area contributed by atoms with Gasteiger partial charge in [-0.3, -0.25) is 0 Å². The van der Waals surface area contributed by atoms with Crippen LogP contribution in [0.2, 0.25) is 0 Å². The maximum atomic E-state index is 13.1. The molecule has 0 unspecified atom stereocenters. The predicted molar refractivity (Wildman–Crippen MR) is 121 cm³/mol. The largest absolute Gasteiger partial charge is 0.235 e. The molecular weight excluding hydrogens is 433 g/mol. The molecule has 0 fully saturated rings. The van der Waals surface area contributed by atoms with Crippen molar-refractivity contribution >= 4 is 39.4 Å². The summed E-state index contributed by atoms with van der Waals surface area (Å²) in [7, 11) is 0. The molecule has 0 aliphatic carbocycles. The lowest BCUT2D eigenvalue weighted by Crippen LogP contribution is -1.82. The molecule has 0 atom stereocenters. The molecule has 1 nitrogen and oxygen atoms in total. The third kappa shape index (κ3) is 4.29. The molecule has 0 radical (unpaired) electrons. The van der Waals surface area contributed by atoms with Crippen LogP contribution in [-0.2, 0) is 0 Å². The minimum Gasteiger partial charge on any atom is -0.235 e. The van der Waals surface area contributed by atoms with E-state index < -0.39 is 0 Å². The number of thiazole rings is 1. The average Bonchev–Trinajstić information content (AvgIpc) is 3.09. The molecule has 28 heavy (non-hydrogen) atoms. The van der Waals surface area contributed by atoms with Crippen LogP contribution in [0.1, 0.15) is 16.7 Å². The Labute approximate surface area is 176 Å². The van der Waals surface area contributed by atoms with Crippen molar-refractivity contribution in [2.45, 2.75) is 6.92 Å². The zero-order valence-corrected chi connectivity index (χ0v) is 17.6. The van der Waals surface area contributed by atoms with Crippen LogP contribution in [0, 0.1) is 12.7 Å². The summed E-state index contributed by atoms with van der Waals surface area (Å²) in [5, 5.41) is 0.866. The van der Waals surface area contributed by atoms with Crippen molar-refractivity contribution in [2.75, 3.05) is 0 Å². The van der Waals surface area contributed by atoms with Gasteiger partial charge in [-0.2, -0.15) is 0 Å². The SMILES string of the molecule is Cc1cccc(/C=C/c2ccc(-c3nc(-c4ccc(F)cc4)sc3Br)cc2)c1. The summed E-state index contributed by atoms with van der Waals surface area (Å²) in [5.41, 5.74) is 6.44. The Morgan fingerprint density at radius 3 is 2.25 bits per heavy atom. The van der Waals surface area contributed by atoms with Gasteiger partial charge in [0, 0.05) is 11.1 Å². The van der Waals surface area contributed by atoms with E-state index in [2.05, 4.69) is 83.5 Å². The van der Waals surface area contributed by atoms with Crippen LogP contribution in [0.25, 0.3) is 34.0 Å². The molecule has 138 valence electrons. The lowest BCUT2D eigenvalue weighted by molar-refractivity contribution is 0.628. The number of hydrogen-bond acceptors (Lipinski definition) is 2. The first kappa shape index (κ1) is 18.8. The van der Waals surface area contributed by atoms with E-state index in [1.54, 1.807) is 23.5 Å². The molecule has 0 N–H and O–H groups in total. The molecule has 4 rings (SSSR count). The van der Waals surface area contributed by atoms with Crippen LogP contribution < -0.4 is 0 Å². The highest BCUT2D eigenvalue weighted by Crippen LogP contribution is 2.37. The van der Waals surface area contributed by atoms with E-state index in [1.165, 1.54) is 23.3 Å². The van der Waals surface area contributed by atoms with Gasteiger partial charge in [-0.25, -0.2) is 9.37 Å². The summed E-state index contributed by atoms with van der Waals surface area (Å²) in [5.74, 6) is -0.242. The number of benzene rings is 3. The first-order chi connectivity index (χ1) is 13.6. The quantitative estimate of drug-likeness (QED) is 0.289. The zero-order chi connectivity index (χ0) is 19.5. The van der Waals surface area contributed by atoms with Crippen molar-refractivity contribution in [1.29, 1.82) is 0 Å². The van der Waals surface area contributed by atoms with E-state index >= 15 is 0 Å². The second kappa shape index (κ2) is 8.21. The first-order valence-corrected chi connectivity index (χ1v) is 10.5. The lowest BCUT2D eigenvalue weighted by Gasteiger charge is -2.00. The number of rotatable bonds is 4. The third-order valence-corrected chi connectivity index (χ3v) is 6.13. The van der Waals surface area contributed by atoms with Crippen LogP contribution in [-0.4, -0.2) is 4.98 Å². The van der Waals surface area contributed by atoms with Crippen LogP contribution in [0.5, 0.6) is 0 Å². The minimum atomic E-state index is -0.242. The lowest BCUT2D eigenvalue weighted by atomic mass is 10.1. The molecule has 0 aliphatic rings. The Kier molecular flexibility index (Phi) is 5.51. The van der Waals surface area contributed by atoms with Crippen molar-refractivity contribution in [2.24, 2.45) is 0 Å². The molecule has 3 aromatic carbocycles. The Bertz CT molecular complexity index is 1130. The van der Waals surface area contributed by atoms with Gasteiger partial charge in [0.25, 0.3) is 0 Å². The van der Waals surface area contributed by atoms with Gasteiger partial charge >= 0.3 is 0 Å². The van der Waals surface area contributed by atoms with E-state index in [4.69, 9.17) is 4.98 Å². The van der Waals surface area contributed by atoms with Gasteiger partial charge in [0.1, 0.15) is 10.8 Å². The maximum Gasteiger partial charge on any atom is 0.125 e.